The number of hydrogen-bond acceptors (Lipinski definition) is 2. The summed E-state index contributed by atoms with van der Waals surface area (Å²) in [4.78, 5) is 23.3. The highest BCUT2D eigenvalue weighted by Crippen LogP contribution is 2.27. The molecule has 122 valence electrons. The van der Waals surface area contributed by atoms with Crippen LogP contribution < -0.4 is 10.6 Å². The van der Waals surface area contributed by atoms with Gasteiger partial charge in [-0.3, -0.25) is 0 Å². The van der Waals surface area contributed by atoms with E-state index in [0.29, 0.717) is 12.3 Å². The summed E-state index contributed by atoms with van der Waals surface area (Å²) in [5, 5.41) is 14.8. The maximum Gasteiger partial charge on any atom is 0.326 e. The minimum atomic E-state index is -0.968. The van der Waals surface area contributed by atoms with E-state index in [0.717, 1.165) is 19.3 Å². The van der Waals surface area contributed by atoms with Crippen LogP contribution in [0.1, 0.15) is 65.7 Å². The van der Waals surface area contributed by atoms with Gasteiger partial charge in [0.15, 0.2) is 0 Å². The van der Waals surface area contributed by atoms with Crippen molar-refractivity contribution in [1.82, 2.24) is 10.6 Å². The average molecular weight is 298 g/mol. The van der Waals surface area contributed by atoms with Gasteiger partial charge in [-0.1, -0.05) is 40.0 Å². The van der Waals surface area contributed by atoms with E-state index in [2.05, 4.69) is 17.6 Å². The number of urea groups is 1. The van der Waals surface area contributed by atoms with Gasteiger partial charge in [0, 0.05) is 6.04 Å². The number of carbonyl (C=O) groups excluding carboxylic acids is 1. The fraction of sp³-hybridized carbons (Fsp3) is 0.875. The summed E-state index contributed by atoms with van der Waals surface area (Å²) in [5.41, 5.74) is 0. The molecule has 1 rings (SSSR count). The number of carbonyl (C=O) groups is 2. The Morgan fingerprint density at radius 3 is 2.24 bits per heavy atom. The highest BCUT2D eigenvalue weighted by Gasteiger charge is 2.26. The predicted molar refractivity (Wildman–Crippen MR) is 83.2 cm³/mol. The van der Waals surface area contributed by atoms with Crippen molar-refractivity contribution in [2.75, 3.05) is 0 Å². The lowest BCUT2D eigenvalue weighted by Crippen LogP contribution is -2.51. The smallest absolute Gasteiger partial charge is 0.326 e. The van der Waals surface area contributed by atoms with Crippen LogP contribution in [0.2, 0.25) is 0 Å². The Balaban J connectivity index is 2.50. The molecule has 2 amide bonds. The zero-order valence-electron chi connectivity index (χ0n) is 13.5. The van der Waals surface area contributed by atoms with E-state index >= 15 is 0 Å². The van der Waals surface area contributed by atoms with Crippen LogP contribution in [0.5, 0.6) is 0 Å². The molecule has 1 fully saturated rings. The SMILES string of the molecule is CCC(NC(=O)NC(CC(C)C)C(=O)O)C1CCCCC1. The fourth-order valence-corrected chi connectivity index (χ4v) is 3.15. The standard InChI is InChI=1S/C16H30N2O3/c1-4-13(12-8-6-5-7-9-12)17-16(21)18-14(15(19)20)10-11(2)3/h11-14H,4-10H2,1-3H3,(H,19,20)(H2,17,18,21). The monoisotopic (exact) mass is 298 g/mol. The van der Waals surface area contributed by atoms with E-state index in [1.165, 1.54) is 19.3 Å². The Hall–Kier alpha value is -1.26. The van der Waals surface area contributed by atoms with Crippen molar-refractivity contribution >= 4 is 12.0 Å². The first-order valence-electron chi connectivity index (χ1n) is 8.23. The topological polar surface area (TPSA) is 78.4 Å². The lowest BCUT2D eigenvalue weighted by atomic mass is 9.83. The number of carboxylic acids is 1. The van der Waals surface area contributed by atoms with Gasteiger partial charge in [0.2, 0.25) is 0 Å². The molecular weight excluding hydrogens is 268 g/mol. The third-order valence-electron chi connectivity index (χ3n) is 4.29. The third-order valence-corrected chi connectivity index (χ3v) is 4.29. The molecule has 1 aliphatic carbocycles. The highest BCUT2D eigenvalue weighted by atomic mass is 16.4. The molecule has 0 aromatic carbocycles. The predicted octanol–water partition coefficient (Wildman–Crippen LogP) is 3.14. The highest BCUT2D eigenvalue weighted by molar-refractivity contribution is 5.82. The molecule has 5 nitrogen and oxygen atoms in total. The summed E-state index contributed by atoms with van der Waals surface area (Å²) in [6.07, 6.45) is 7.41. The fourth-order valence-electron chi connectivity index (χ4n) is 3.15. The summed E-state index contributed by atoms with van der Waals surface area (Å²) in [5.74, 6) is -0.209. The van der Waals surface area contributed by atoms with Crippen molar-refractivity contribution < 1.29 is 14.7 Å². The first-order chi connectivity index (χ1) is 9.93. The van der Waals surface area contributed by atoms with Crippen LogP contribution in [0, 0.1) is 11.8 Å². The molecule has 21 heavy (non-hydrogen) atoms. The van der Waals surface area contributed by atoms with Gasteiger partial charge < -0.3 is 15.7 Å². The molecule has 0 heterocycles. The zero-order valence-corrected chi connectivity index (χ0v) is 13.5. The maximum absolute atomic E-state index is 12.1. The maximum atomic E-state index is 12.1. The minimum Gasteiger partial charge on any atom is -0.480 e. The van der Waals surface area contributed by atoms with Gasteiger partial charge in [-0.25, -0.2) is 9.59 Å². The van der Waals surface area contributed by atoms with E-state index in [1.807, 2.05) is 13.8 Å². The van der Waals surface area contributed by atoms with Crippen molar-refractivity contribution in [2.24, 2.45) is 11.8 Å². The molecule has 1 aliphatic rings. The van der Waals surface area contributed by atoms with Gasteiger partial charge in [0.1, 0.15) is 6.04 Å². The summed E-state index contributed by atoms with van der Waals surface area (Å²) in [7, 11) is 0. The Morgan fingerprint density at radius 1 is 1.14 bits per heavy atom. The Morgan fingerprint density at radius 2 is 1.76 bits per heavy atom. The molecule has 2 atom stereocenters. The number of amides is 2. The molecule has 0 bridgehead atoms. The molecule has 0 radical (unpaired) electrons. The number of carboxylic acid groups (broad SMARTS) is 1. The number of hydrogen-bond donors (Lipinski definition) is 3. The summed E-state index contributed by atoms with van der Waals surface area (Å²) in [6, 6.07) is -1.01. The number of nitrogens with one attached hydrogen (secondary N) is 2. The molecular formula is C16H30N2O3. The van der Waals surface area contributed by atoms with Gasteiger partial charge in [-0.15, -0.1) is 0 Å². The third kappa shape index (κ3) is 6.36. The first-order valence-corrected chi connectivity index (χ1v) is 8.23. The van der Waals surface area contributed by atoms with Crippen LogP contribution in [0.15, 0.2) is 0 Å². The van der Waals surface area contributed by atoms with Crippen molar-refractivity contribution in [3.8, 4) is 0 Å². The molecule has 0 aromatic rings. The first kappa shape index (κ1) is 17.8. The van der Waals surface area contributed by atoms with Crippen molar-refractivity contribution in [3.63, 3.8) is 0 Å². The molecule has 0 spiro atoms. The second-order valence-corrected chi connectivity index (χ2v) is 6.55. The molecule has 0 saturated heterocycles. The van der Waals surface area contributed by atoms with Gasteiger partial charge >= 0.3 is 12.0 Å². The van der Waals surface area contributed by atoms with Crippen LogP contribution >= 0.6 is 0 Å². The second kappa shape index (κ2) is 8.90. The van der Waals surface area contributed by atoms with Gasteiger partial charge in [-0.05, 0) is 37.5 Å². The Bertz CT molecular complexity index is 338. The Kier molecular flexibility index (Phi) is 7.54. The van der Waals surface area contributed by atoms with Gasteiger partial charge in [-0.2, -0.15) is 0 Å². The lowest BCUT2D eigenvalue weighted by molar-refractivity contribution is -0.139. The van der Waals surface area contributed by atoms with E-state index in [-0.39, 0.29) is 18.0 Å². The molecule has 0 aromatic heterocycles. The molecule has 1 saturated carbocycles. The van der Waals surface area contributed by atoms with Gasteiger partial charge in [0.05, 0.1) is 0 Å². The second-order valence-electron chi connectivity index (χ2n) is 6.55. The quantitative estimate of drug-likeness (QED) is 0.675. The molecule has 0 aliphatic heterocycles. The van der Waals surface area contributed by atoms with Crippen LogP contribution in [-0.4, -0.2) is 29.2 Å². The number of rotatable bonds is 7. The number of aliphatic carboxylic acids is 1. The van der Waals surface area contributed by atoms with E-state index < -0.39 is 12.0 Å². The van der Waals surface area contributed by atoms with Gasteiger partial charge in [0.25, 0.3) is 0 Å². The molecule has 5 heteroatoms. The van der Waals surface area contributed by atoms with Crippen molar-refractivity contribution in [1.29, 1.82) is 0 Å². The molecule has 3 N–H and O–H groups in total. The van der Waals surface area contributed by atoms with E-state index in [1.54, 1.807) is 0 Å². The van der Waals surface area contributed by atoms with Crippen molar-refractivity contribution in [2.45, 2.75) is 77.8 Å². The molecule has 2 unspecified atom stereocenters. The average Bonchev–Trinajstić information content (AvgIpc) is 2.44. The van der Waals surface area contributed by atoms with Crippen LogP contribution in [0.25, 0.3) is 0 Å². The summed E-state index contributed by atoms with van der Waals surface area (Å²) in [6.45, 7) is 5.97. The van der Waals surface area contributed by atoms with E-state index in [4.69, 9.17) is 5.11 Å². The largest absolute Gasteiger partial charge is 0.480 e. The van der Waals surface area contributed by atoms with Crippen LogP contribution in [-0.2, 0) is 4.79 Å². The minimum absolute atomic E-state index is 0.152. The summed E-state index contributed by atoms with van der Waals surface area (Å²) >= 11 is 0. The van der Waals surface area contributed by atoms with Crippen LogP contribution in [0.3, 0.4) is 0 Å². The zero-order chi connectivity index (χ0) is 15.8. The van der Waals surface area contributed by atoms with Crippen LogP contribution in [0.4, 0.5) is 4.79 Å². The normalized spacial score (nSPS) is 19.0. The van der Waals surface area contributed by atoms with Crippen molar-refractivity contribution in [3.05, 3.63) is 0 Å². The lowest BCUT2D eigenvalue weighted by Gasteiger charge is -2.30. The van der Waals surface area contributed by atoms with E-state index in [9.17, 15) is 9.59 Å². The Labute approximate surface area is 127 Å². The summed E-state index contributed by atoms with van der Waals surface area (Å²) < 4.78 is 0.